The highest BCUT2D eigenvalue weighted by molar-refractivity contribution is 8.00. The van der Waals surface area contributed by atoms with Crippen molar-refractivity contribution in [2.45, 2.75) is 114 Å². The van der Waals surface area contributed by atoms with Gasteiger partial charge in [-0.3, -0.25) is 14.4 Å². The summed E-state index contributed by atoms with van der Waals surface area (Å²) in [6.07, 6.45) is 12.0. The molecule has 0 aliphatic carbocycles. The van der Waals surface area contributed by atoms with Gasteiger partial charge in [-0.05, 0) is 25.7 Å². The van der Waals surface area contributed by atoms with E-state index in [4.69, 9.17) is 4.84 Å². The van der Waals surface area contributed by atoms with Crippen molar-refractivity contribution >= 4 is 41.5 Å². The van der Waals surface area contributed by atoms with Gasteiger partial charge >= 0.3 is 12.0 Å². The number of carbonyl (C=O) groups is 5. The van der Waals surface area contributed by atoms with Crippen molar-refractivity contribution in [2.24, 2.45) is 0 Å². The summed E-state index contributed by atoms with van der Waals surface area (Å²) in [6, 6.07) is 0.442. The maximum absolute atomic E-state index is 12.0. The molecule has 3 rings (SSSR count). The molecule has 0 bridgehead atoms. The van der Waals surface area contributed by atoms with E-state index in [1.807, 2.05) is 11.8 Å². The van der Waals surface area contributed by atoms with E-state index in [0.29, 0.717) is 23.2 Å². The topological polar surface area (TPSA) is 134 Å². The van der Waals surface area contributed by atoms with E-state index in [1.165, 1.54) is 0 Å². The number of nitrogens with zero attached hydrogens (tertiary/aromatic N) is 1. The van der Waals surface area contributed by atoms with Crippen LogP contribution in [0, 0.1) is 0 Å². The van der Waals surface area contributed by atoms with Crippen LogP contribution in [-0.2, 0) is 24.0 Å². The number of unbranched alkanes of at least 4 members (excludes halogenated alkanes) is 8. The number of rotatable bonds is 17. The molecule has 0 unspecified atom stereocenters. The fraction of sp³-hybridized carbons (Fsp3) is 0.800. The number of carbonyl (C=O) groups excluding carboxylic acids is 5. The van der Waals surface area contributed by atoms with E-state index in [9.17, 15) is 24.0 Å². The highest BCUT2D eigenvalue weighted by Crippen LogP contribution is 2.33. The van der Waals surface area contributed by atoms with Gasteiger partial charge in [-0.2, -0.15) is 11.8 Å². The number of nitrogens with one attached hydrogen (secondary N) is 3. The Morgan fingerprint density at radius 2 is 1.50 bits per heavy atom. The maximum atomic E-state index is 12.0. The van der Waals surface area contributed by atoms with Gasteiger partial charge in [0.25, 0.3) is 11.8 Å². The van der Waals surface area contributed by atoms with Gasteiger partial charge in [0.15, 0.2) is 0 Å². The highest BCUT2D eigenvalue weighted by Gasteiger charge is 2.42. The first kappa shape index (κ1) is 28.3. The lowest BCUT2D eigenvalue weighted by atomic mass is 10.0. The van der Waals surface area contributed by atoms with Crippen LogP contribution in [0.15, 0.2) is 0 Å². The minimum absolute atomic E-state index is 0.0533. The molecule has 5 amide bonds. The number of amides is 5. The van der Waals surface area contributed by atoms with Crippen molar-refractivity contribution in [3.63, 3.8) is 0 Å². The largest absolute Gasteiger partial charge is 0.356 e. The third-order valence-corrected chi connectivity index (χ3v) is 8.42. The van der Waals surface area contributed by atoms with Gasteiger partial charge in [0.1, 0.15) is 0 Å². The smallest absolute Gasteiger partial charge is 0.333 e. The third kappa shape index (κ3) is 9.29. The summed E-state index contributed by atoms with van der Waals surface area (Å²) in [7, 11) is 0. The number of hydrogen-bond acceptors (Lipinski definition) is 7. The number of hydroxylamine groups is 2. The molecular weight excluding hydrogens is 484 g/mol. The van der Waals surface area contributed by atoms with E-state index < -0.39 is 17.8 Å². The van der Waals surface area contributed by atoms with Crippen molar-refractivity contribution in [3.8, 4) is 0 Å². The summed E-state index contributed by atoms with van der Waals surface area (Å²) >= 11 is 1.91. The second-order valence-corrected chi connectivity index (χ2v) is 11.1. The summed E-state index contributed by atoms with van der Waals surface area (Å²) in [4.78, 5) is 62.9. The van der Waals surface area contributed by atoms with Crippen LogP contribution in [0.4, 0.5) is 4.79 Å². The molecule has 3 saturated heterocycles. The molecule has 3 heterocycles. The summed E-state index contributed by atoms with van der Waals surface area (Å²) in [5.41, 5.74) is 0. The van der Waals surface area contributed by atoms with Crippen LogP contribution in [0.3, 0.4) is 0 Å². The van der Waals surface area contributed by atoms with Crippen LogP contribution in [0.25, 0.3) is 0 Å². The van der Waals surface area contributed by atoms with Crippen LogP contribution < -0.4 is 16.0 Å². The number of imide groups is 1. The molecular formula is C25H40N4O6S. The Hall–Kier alpha value is -2.30. The molecule has 0 saturated carbocycles. The Morgan fingerprint density at radius 1 is 0.861 bits per heavy atom. The lowest BCUT2D eigenvalue weighted by molar-refractivity contribution is -0.197. The minimum atomic E-state index is -0.525. The van der Waals surface area contributed by atoms with E-state index in [-0.39, 0.29) is 43.3 Å². The molecule has 202 valence electrons. The number of hydrogen-bond donors (Lipinski definition) is 3. The minimum Gasteiger partial charge on any atom is -0.356 e. The molecule has 3 aliphatic rings. The number of fused-ring (bicyclic) bond motifs is 1. The van der Waals surface area contributed by atoms with E-state index in [0.717, 1.165) is 76.5 Å². The molecule has 3 fully saturated rings. The van der Waals surface area contributed by atoms with Crippen LogP contribution in [0.1, 0.15) is 96.3 Å². The second kappa shape index (κ2) is 15.1. The Bertz CT molecular complexity index is 779. The number of thioether (sulfide) groups is 1. The zero-order chi connectivity index (χ0) is 25.8. The molecule has 11 heteroatoms. The van der Waals surface area contributed by atoms with Gasteiger partial charge in [0.2, 0.25) is 5.91 Å². The van der Waals surface area contributed by atoms with E-state index in [2.05, 4.69) is 16.0 Å². The van der Waals surface area contributed by atoms with Gasteiger partial charge in [0.05, 0.1) is 12.1 Å². The highest BCUT2D eigenvalue weighted by atomic mass is 32.2. The van der Waals surface area contributed by atoms with Gasteiger partial charge < -0.3 is 20.8 Å². The van der Waals surface area contributed by atoms with Crippen molar-refractivity contribution in [2.75, 3.05) is 12.3 Å². The standard InChI is InChI=1S/C25H40N4O6S/c30-20(12-9-8-11-19-24-18(17-36-19)27-25(34)28-24)26-16-10-6-4-2-1-3-5-7-13-23(33)35-29-21(31)14-15-22(29)32/h18-19,24H,1-17H2,(H,26,30)(H2,27,28,34)/t18-,19-,24-/m0/s1. The third-order valence-electron chi connectivity index (χ3n) is 6.91. The maximum Gasteiger partial charge on any atom is 0.333 e. The number of urea groups is 1. The van der Waals surface area contributed by atoms with Crippen LogP contribution >= 0.6 is 11.8 Å². The van der Waals surface area contributed by atoms with Crippen molar-refractivity contribution < 1.29 is 28.8 Å². The Morgan fingerprint density at radius 3 is 2.22 bits per heavy atom. The lowest BCUT2D eigenvalue weighted by Crippen LogP contribution is -2.36. The van der Waals surface area contributed by atoms with Gasteiger partial charge in [-0.25, -0.2) is 9.59 Å². The van der Waals surface area contributed by atoms with E-state index in [1.54, 1.807) is 0 Å². The summed E-state index contributed by atoms with van der Waals surface area (Å²) < 4.78 is 0. The predicted octanol–water partition coefficient (Wildman–Crippen LogP) is 2.95. The summed E-state index contributed by atoms with van der Waals surface area (Å²) in [6.45, 7) is 0.725. The first-order valence-electron chi connectivity index (χ1n) is 13.5. The van der Waals surface area contributed by atoms with Crippen molar-refractivity contribution in [1.29, 1.82) is 0 Å². The second-order valence-electron chi connectivity index (χ2n) is 9.84. The van der Waals surface area contributed by atoms with Gasteiger partial charge in [-0.15, -0.1) is 5.06 Å². The quantitative estimate of drug-likeness (QED) is 0.151. The molecule has 0 aromatic rings. The van der Waals surface area contributed by atoms with Gasteiger partial charge in [0, 0.05) is 43.2 Å². The molecule has 0 aromatic carbocycles. The average Bonchev–Trinajstić information content (AvgIpc) is 3.50. The molecule has 0 radical (unpaired) electrons. The summed E-state index contributed by atoms with van der Waals surface area (Å²) in [5, 5.41) is 10.0. The molecule has 3 N–H and O–H groups in total. The molecule has 0 aromatic heterocycles. The van der Waals surface area contributed by atoms with Crippen LogP contribution in [0.2, 0.25) is 0 Å². The predicted molar refractivity (Wildman–Crippen MR) is 136 cm³/mol. The normalized spacial score (nSPS) is 22.9. The molecule has 0 spiro atoms. The first-order valence-corrected chi connectivity index (χ1v) is 14.5. The Labute approximate surface area is 217 Å². The molecule has 36 heavy (non-hydrogen) atoms. The lowest BCUT2D eigenvalue weighted by Gasteiger charge is -2.16. The van der Waals surface area contributed by atoms with E-state index >= 15 is 0 Å². The molecule has 10 nitrogen and oxygen atoms in total. The fourth-order valence-electron chi connectivity index (χ4n) is 4.85. The van der Waals surface area contributed by atoms with Crippen LogP contribution in [-0.4, -0.2) is 64.4 Å². The summed E-state index contributed by atoms with van der Waals surface area (Å²) in [5.74, 6) is -0.319. The zero-order valence-corrected chi connectivity index (χ0v) is 21.9. The first-order chi connectivity index (χ1) is 17.4. The Kier molecular flexibility index (Phi) is 11.8. The Balaban J connectivity index is 1.05. The van der Waals surface area contributed by atoms with Crippen LogP contribution in [0.5, 0.6) is 0 Å². The monoisotopic (exact) mass is 524 g/mol. The van der Waals surface area contributed by atoms with Gasteiger partial charge in [-0.1, -0.05) is 44.9 Å². The SMILES string of the molecule is O=C(CCCC[C@@H]1SC[C@@H]2NC(=O)N[C@@H]21)NCCCCCCCCCCC(=O)ON1C(=O)CCC1=O. The molecule has 3 aliphatic heterocycles. The molecule has 3 atom stereocenters. The zero-order valence-electron chi connectivity index (χ0n) is 21.1. The fourth-order valence-corrected chi connectivity index (χ4v) is 6.39. The van der Waals surface area contributed by atoms with Crippen molar-refractivity contribution in [1.82, 2.24) is 21.0 Å². The average molecular weight is 525 g/mol. The van der Waals surface area contributed by atoms with Crippen molar-refractivity contribution in [3.05, 3.63) is 0 Å².